The van der Waals surface area contributed by atoms with Crippen molar-refractivity contribution in [3.8, 4) is 0 Å². The van der Waals surface area contributed by atoms with Gasteiger partial charge in [0.2, 0.25) is 5.91 Å². The SMILES string of the molecule is NN(CC(=O)O)C(=O)CC(O)C(=O)N(Cc1ccccc1)Cc1ccccc1. The summed E-state index contributed by atoms with van der Waals surface area (Å²) in [5, 5.41) is 19.4. The van der Waals surface area contributed by atoms with E-state index in [2.05, 4.69) is 0 Å². The van der Waals surface area contributed by atoms with Gasteiger partial charge < -0.3 is 15.1 Å². The quantitative estimate of drug-likeness (QED) is 0.332. The number of hydrogen-bond donors (Lipinski definition) is 3. The predicted molar refractivity (Wildman–Crippen MR) is 101 cm³/mol. The molecule has 0 aliphatic rings. The van der Waals surface area contributed by atoms with Crippen LogP contribution in [0.3, 0.4) is 0 Å². The van der Waals surface area contributed by atoms with Gasteiger partial charge in [-0.15, -0.1) is 0 Å². The fourth-order valence-electron chi connectivity index (χ4n) is 2.63. The second-order valence-corrected chi connectivity index (χ2v) is 6.30. The molecule has 0 fully saturated rings. The third-order valence-corrected chi connectivity index (χ3v) is 4.02. The van der Waals surface area contributed by atoms with E-state index in [0.29, 0.717) is 5.01 Å². The van der Waals surface area contributed by atoms with Crippen LogP contribution in [0.25, 0.3) is 0 Å². The minimum absolute atomic E-state index is 0.251. The van der Waals surface area contributed by atoms with Gasteiger partial charge in [0.1, 0.15) is 12.6 Å². The lowest BCUT2D eigenvalue weighted by atomic mass is 10.1. The van der Waals surface area contributed by atoms with E-state index < -0.39 is 36.9 Å². The topological polar surface area (TPSA) is 124 Å². The molecule has 2 aromatic carbocycles. The normalized spacial score (nSPS) is 11.5. The molecule has 0 spiro atoms. The molecule has 1 atom stereocenters. The lowest BCUT2D eigenvalue weighted by Crippen LogP contribution is -2.45. The second kappa shape index (κ2) is 10.2. The number of carboxylic acid groups (broad SMARTS) is 1. The van der Waals surface area contributed by atoms with Crippen LogP contribution in [-0.2, 0) is 27.5 Å². The number of amides is 2. The zero-order valence-electron chi connectivity index (χ0n) is 15.3. The van der Waals surface area contributed by atoms with E-state index in [1.165, 1.54) is 4.90 Å². The van der Waals surface area contributed by atoms with Gasteiger partial charge in [0, 0.05) is 13.1 Å². The van der Waals surface area contributed by atoms with E-state index in [0.717, 1.165) is 11.1 Å². The Kier molecular flexibility index (Phi) is 7.67. The van der Waals surface area contributed by atoms with Gasteiger partial charge in [-0.25, -0.2) is 5.84 Å². The number of carboxylic acids is 1. The molecule has 1 unspecified atom stereocenters. The van der Waals surface area contributed by atoms with Crippen LogP contribution in [0.15, 0.2) is 60.7 Å². The van der Waals surface area contributed by atoms with Crippen LogP contribution in [0.4, 0.5) is 0 Å². The summed E-state index contributed by atoms with van der Waals surface area (Å²) in [5.41, 5.74) is 1.74. The molecule has 0 saturated heterocycles. The Morgan fingerprint density at radius 1 is 0.893 bits per heavy atom. The Labute approximate surface area is 162 Å². The van der Waals surface area contributed by atoms with Crippen LogP contribution >= 0.6 is 0 Å². The molecule has 0 saturated carbocycles. The molecule has 0 heterocycles. The van der Waals surface area contributed by atoms with Crippen molar-refractivity contribution in [1.29, 1.82) is 0 Å². The van der Waals surface area contributed by atoms with E-state index in [4.69, 9.17) is 10.9 Å². The van der Waals surface area contributed by atoms with Crippen molar-refractivity contribution < 1.29 is 24.6 Å². The Morgan fingerprint density at radius 3 is 1.79 bits per heavy atom. The first-order valence-corrected chi connectivity index (χ1v) is 8.68. The average molecular weight is 385 g/mol. The molecule has 8 heteroatoms. The molecule has 0 aliphatic carbocycles. The van der Waals surface area contributed by atoms with Gasteiger partial charge in [-0.05, 0) is 11.1 Å². The number of aliphatic hydroxyl groups is 1. The lowest BCUT2D eigenvalue weighted by Gasteiger charge is -2.26. The van der Waals surface area contributed by atoms with Crippen molar-refractivity contribution in [2.45, 2.75) is 25.6 Å². The van der Waals surface area contributed by atoms with Crippen LogP contribution in [0.1, 0.15) is 17.5 Å². The first-order chi connectivity index (χ1) is 13.4. The van der Waals surface area contributed by atoms with Gasteiger partial charge in [0.15, 0.2) is 0 Å². The minimum Gasteiger partial charge on any atom is -0.480 e. The van der Waals surface area contributed by atoms with Crippen LogP contribution in [0.2, 0.25) is 0 Å². The molecule has 4 N–H and O–H groups in total. The lowest BCUT2D eigenvalue weighted by molar-refractivity contribution is -0.149. The Hall–Kier alpha value is -3.23. The first-order valence-electron chi connectivity index (χ1n) is 8.68. The van der Waals surface area contributed by atoms with Crippen molar-refractivity contribution in [2.24, 2.45) is 5.84 Å². The minimum atomic E-state index is -1.63. The summed E-state index contributed by atoms with van der Waals surface area (Å²) in [7, 11) is 0. The molecule has 148 valence electrons. The first kappa shape index (κ1) is 21.1. The molecule has 0 aromatic heterocycles. The zero-order chi connectivity index (χ0) is 20.5. The number of hydrazine groups is 1. The number of hydrogen-bond acceptors (Lipinski definition) is 5. The average Bonchev–Trinajstić information content (AvgIpc) is 2.68. The van der Waals surface area contributed by atoms with Gasteiger partial charge in [-0.1, -0.05) is 60.7 Å². The van der Waals surface area contributed by atoms with Crippen LogP contribution in [0.5, 0.6) is 0 Å². The number of aliphatic hydroxyl groups excluding tert-OH is 1. The summed E-state index contributed by atoms with van der Waals surface area (Å²) in [6.45, 7) is -0.208. The Bertz CT molecular complexity index is 757. The summed E-state index contributed by atoms with van der Waals surface area (Å²) in [6.07, 6.45) is -2.22. The molecule has 0 bridgehead atoms. The van der Waals surface area contributed by atoms with Crippen LogP contribution in [0, 0.1) is 0 Å². The van der Waals surface area contributed by atoms with Crippen LogP contribution < -0.4 is 5.84 Å². The number of nitrogens with two attached hydrogens (primary N) is 1. The monoisotopic (exact) mass is 385 g/mol. The molecular formula is C20H23N3O5. The molecule has 8 nitrogen and oxygen atoms in total. The number of benzene rings is 2. The van der Waals surface area contributed by atoms with Crippen molar-refractivity contribution in [2.75, 3.05) is 6.54 Å². The van der Waals surface area contributed by atoms with Gasteiger partial charge in [-0.2, -0.15) is 0 Å². The smallest absolute Gasteiger partial charge is 0.324 e. The molecular weight excluding hydrogens is 362 g/mol. The van der Waals surface area contributed by atoms with Gasteiger partial charge in [0.25, 0.3) is 5.91 Å². The largest absolute Gasteiger partial charge is 0.480 e. The molecule has 0 radical (unpaired) electrons. The fraction of sp³-hybridized carbons (Fsp3) is 0.250. The summed E-state index contributed by atoms with van der Waals surface area (Å²) in [4.78, 5) is 36.8. The molecule has 2 amide bonds. The van der Waals surface area contributed by atoms with Crippen molar-refractivity contribution >= 4 is 17.8 Å². The third-order valence-electron chi connectivity index (χ3n) is 4.02. The van der Waals surface area contributed by atoms with Crippen molar-refractivity contribution in [1.82, 2.24) is 9.91 Å². The summed E-state index contributed by atoms with van der Waals surface area (Å²) in [6, 6.07) is 18.5. The van der Waals surface area contributed by atoms with E-state index in [-0.39, 0.29) is 13.1 Å². The van der Waals surface area contributed by atoms with Gasteiger partial charge in [0.05, 0.1) is 6.42 Å². The fourth-order valence-corrected chi connectivity index (χ4v) is 2.63. The number of aliphatic carboxylic acids is 1. The molecule has 0 aliphatic heterocycles. The molecule has 2 rings (SSSR count). The summed E-state index contributed by atoms with van der Waals surface area (Å²) >= 11 is 0. The zero-order valence-corrected chi connectivity index (χ0v) is 15.3. The van der Waals surface area contributed by atoms with E-state index >= 15 is 0 Å². The molecule has 28 heavy (non-hydrogen) atoms. The Morgan fingerprint density at radius 2 is 1.36 bits per heavy atom. The van der Waals surface area contributed by atoms with E-state index in [1.807, 2.05) is 60.7 Å². The number of carbonyl (C=O) groups excluding carboxylic acids is 2. The third kappa shape index (κ3) is 6.49. The van der Waals surface area contributed by atoms with Gasteiger partial charge in [-0.3, -0.25) is 19.4 Å². The summed E-state index contributed by atoms with van der Waals surface area (Å²) < 4.78 is 0. The van der Waals surface area contributed by atoms with E-state index in [1.54, 1.807) is 0 Å². The summed E-state index contributed by atoms with van der Waals surface area (Å²) in [5.74, 6) is 2.61. The van der Waals surface area contributed by atoms with Crippen LogP contribution in [-0.4, -0.2) is 50.6 Å². The highest BCUT2D eigenvalue weighted by atomic mass is 16.4. The van der Waals surface area contributed by atoms with Crippen molar-refractivity contribution in [3.63, 3.8) is 0 Å². The van der Waals surface area contributed by atoms with E-state index in [9.17, 15) is 19.5 Å². The maximum absolute atomic E-state index is 12.8. The molecule has 2 aromatic rings. The predicted octanol–water partition coefficient (Wildman–Crippen LogP) is 0.753. The number of carbonyl (C=O) groups is 3. The van der Waals surface area contributed by atoms with Gasteiger partial charge >= 0.3 is 5.97 Å². The highest BCUT2D eigenvalue weighted by Crippen LogP contribution is 2.13. The Balaban J connectivity index is 2.10. The number of nitrogens with zero attached hydrogens (tertiary/aromatic N) is 2. The standard InChI is InChI=1S/C20H23N3O5/c21-23(14-19(26)27)18(25)11-17(24)20(28)22(12-15-7-3-1-4-8-15)13-16-9-5-2-6-10-16/h1-10,17,24H,11-14,21H2,(H,26,27). The maximum atomic E-state index is 12.8. The highest BCUT2D eigenvalue weighted by molar-refractivity contribution is 5.88. The maximum Gasteiger partial charge on any atom is 0.324 e. The highest BCUT2D eigenvalue weighted by Gasteiger charge is 2.27. The second-order valence-electron chi connectivity index (χ2n) is 6.30. The number of rotatable bonds is 9. The van der Waals surface area contributed by atoms with Crippen molar-refractivity contribution in [3.05, 3.63) is 71.8 Å².